The highest BCUT2D eigenvalue weighted by Gasteiger charge is 2.21. The van der Waals surface area contributed by atoms with Crippen LogP contribution in [0.3, 0.4) is 0 Å². The molecule has 1 aromatic carbocycles. The molecule has 1 fully saturated rings. The van der Waals surface area contributed by atoms with Gasteiger partial charge in [0, 0.05) is 39.1 Å². The monoisotopic (exact) mass is 324 g/mol. The van der Waals surface area contributed by atoms with Gasteiger partial charge in [0.25, 0.3) is 0 Å². The van der Waals surface area contributed by atoms with Crippen LogP contribution in [0.5, 0.6) is 5.75 Å². The Labute approximate surface area is 136 Å². The van der Waals surface area contributed by atoms with Crippen molar-refractivity contribution in [2.75, 3.05) is 39.3 Å². The van der Waals surface area contributed by atoms with Crippen LogP contribution in [-0.2, 0) is 4.79 Å². The van der Waals surface area contributed by atoms with Crippen LogP contribution in [0.4, 0.5) is 4.39 Å². The second-order valence-corrected chi connectivity index (χ2v) is 5.91. The molecule has 128 valence electrons. The van der Waals surface area contributed by atoms with Gasteiger partial charge in [-0.15, -0.1) is 0 Å². The van der Waals surface area contributed by atoms with E-state index in [1.54, 1.807) is 25.1 Å². The molecule has 1 aliphatic heterocycles. The zero-order valence-corrected chi connectivity index (χ0v) is 13.6. The van der Waals surface area contributed by atoms with E-state index in [9.17, 15) is 14.3 Å². The van der Waals surface area contributed by atoms with Crippen LogP contribution in [-0.4, -0.2) is 66.2 Å². The van der Waals surface area contributed by atoms with Crippen molar-refractivity contribution in [3.63, 3.8) is 0 Å². The second-order valence-electron chi connectivity index (χ2n) is 5.91. The van der Waals surface area contributed by atoms with Crippen LogP contribution in [0.1, 0.15) is 19.8 Å². The molecule has 0 spiro atoms. The van der Waals surface area contributed by atoms with E-state index in [1.807, 2.05) is 4.90 Å². The SMILES string of the molecule is C[C@@H](O)CN1CCN(C(=O)CCCOc2ccccc2F)CC1. The minimum atomic E-state index is -0.381. The van der Waals surface area contributed by atoms with Gasteiger partial charge in [0.05, 0.1) is 12.7 Å². The summed E-state index contributed by atoms with van der Waals surface area (Å²) < 4.78 is 18.7. The van der Waals surface area contributed by atoms with Crippen LogP contribution in [0, 0.1) is 5.82 Å². The lowest BCUT2D eigenvalue weighted by molar-refractivity contribution is -0.133. The van der Waals surface area contributed by atoms with Crippen molar-refractivity contribution in [1.29, 1.82) is 0 Å². The number of carbonyl (C=O) groups is 1. The van der Waals surface area contributed by atoms with Gasteiger partial charge in [0.15, 0.2) is 11.6 Å². The fraction of sp³-hybridized carbons (Fsp3) is 0.588. The summed E-state index contributed by atoms with van der Waals surface area (Å²) in [6.45, 7) is 5.73. The fourth-order valence-corrected chi connectivity index (χ4v) is 2.68. The van der Waals surface area contributed by atoms with E-state index in [1.165, 1.54) is 6.07 Å². The van der Waals surface area contributed by atoms with Gasteiger partial charge in [0.1, 0.15) is 0 Å². The number of benzene rings is 1. The summed E-state index contributed by atoms with van der Waals surface area (Å²) in [7, 11) is 0. The van der Waals surface area contributed by atoms with Gasteiger partial charge in [-0.05, 0) is 25.5 Å². The van der Waals surface area contributed by atoms with Crippen molar-refractivity contribution in [2.24, 2.45) is 0 Å². The minimum Gasteiger partial charge on any atom is -0.491 e. The third kappa shape index (κ3) is 5.80. The molecule has 0 bridgehead atoms. The summed E-state index contributed by atoms with van der Waals surface area (Å²) in [4.78, 5) is 16.1. The third-order valence-corrected chi connectivity index (χ3v) is 3.88. The molecule has 23 heavy (non-hydrogen) atoms. The topological polar surface area (TPSA) is 53.0 Å². The van der Waals surface area contributed by atoms with Crippen molar-refractivity contribution in [2.45, 2.75) is 25.9 Å². The largest absolute Gasteiger partial charge is 0.491 e. The fourth-order valence-electron chi connectivity index (χ4n) is 2.68. The first-order valence-electron chi connectivity index (χ1n) is 8.12. The van der Waals surface area contributed by atoms with E-state index < -0.39 is 0 Å². The predicted octanol–water partition coefficient (Wildman–Crippen LogP) is 1.51. The molecule has 0 aliphatic carbocycles. The average molecular weight is 324 g/mol. The lowest BCUT2D eigenvalue weighted by Gasteiger charge is -2.35. The quantitative estimate of drug-likeness (QED) is 0.773. The van der Waals surface area contributed by atoms with Crippen LogP contribution in [0.25, 0.3) is 0 Å². The zero-order chi connectivity index (χ0) is 16.7. The third-order valence-electron chi connectivity index (χ3n) is 3.88. The summed E-state index contributed by atoms with van der Waals surface area (Å²) in [5.41, 5.74) is 0. The Morgan fingerprint density at radius 3 is 2.65 bits per heavy atom. The maximum absolute atomic E-state index is 13.4. The van der Waals surface area contributed by atoms with E-state index >= 15 is 0 Å². The highest BCUT2D eigenvalue weighted by atomic mass is 19.1. The maximum Gasteiger partial charge on any atom is 0.222 e. The summed E-state index contributed by atoms with van der Waals surface area (Å²) in [5.74, 6) is -0.0430. The van der Waals surface area contributed by atoms with Crippen LogP contribution in [0.15, 0.2) is 24.3 Å². The van der Waals surface area contributed by atoms with E-state index in [4.69, 9.17) is 4.74 Å². The summed E-state index contributed by atoms with van der Waals surface area (Å²) >= 11 is 0. The first-order valence-corrected chi connectivity index (χ1v) is 8.12. The maximum atomic E-state index is 13.4. The standard InChI is InChI=1S/C17H25FN2O3/c1-14(21)13-19-8-10-20(11-9-19)17(22)7-4-12-23-16-6-3-2-5-15(16)18/h2-3,5-6,14,21H,4,7-13H2,1H3/t14-/m1/s1. The Balaban J connectivity index is 1.63. The minimum absolute atomic E-state index is 0.110. The molecule has 1 saturated heterocycles. The number of para-hydroxylation sites is 1. The Kier molecular flexibility index (Phi) is 6.80. The van der Waals surface area contributed by atoms with Crippen molar-refractivity contribution < 1.29 is 19.0 Å². The van der Waals surface area contributed by atoms with Gasteiger partial charge >= 0.3 is 0 Å². The molecule has 1 aromatic rings. The molecule has 0 unspecified atom stereocenters. The second kappa shape index (κ2) is 8.84. The van der Waals surface area contributed by atoms with Crippen LogP contribution >= 0.6 is 0 Å². The predicted molar refractivity (Wildman–Crippen MR) is 85.8 cm³/mol. The number of aliphatic hydroxyl groups is 1. The molecule has 1 atom stereocenters. The zero-order valence-electron chi connectivity index (χ0n) is 13.6. The van der Waals surface area contributed by atoms with Gasteiger partial charge < -0.3 is 14.7 Å². The molecule has 5 nitrogen and oxygen atoms in total. The molecule has 0 saturated carbocycles. The first-order chi connectivity index (χ1) is 11.1. The van der Waals surface area contributed by atoms with Gasteiger partial charge in [-0.25, -0.2) is 4.39 Å². The number of piperazine rings is 1. The Morgan fingerprint density at radius 1 is 1.30 bits per heavy atom. The lowest BCUT2D eigenvalue weighted by atomic mass is 10.2. The van der Waals surface area contributed by atoms with Crippen LogP contribution < -0.4 is 4.74 Å². The van der Waals surface area contributed by atoms with Crippen molar-refractivity contribution in [3.8, 4) is 5.75 Å². The van der Waals surface area contributed by atoms with Gasteiger partial charge in [-0.2, -0.15) is 0 Å². The molecule has 1 aliphatic rings. The Hall–Kier alpha value is -1.66. The summed E-state index contributed by atoms with van der Waals surface area (Å²) in [6, 6.07) is 6.27. The number of rotatable bonds is 7. The number of ether oxygens (including phenoxy) is 1. The highest BCUT2D eigenvalue weighted by Crippen LogP contribution is 2.15. The number of carbonyl (C=O) groups excluding carboxylic acids is 1. The highest BCUT2D eigenvalue weighted by molar-refractivity contribution is 5.76. The molecule has 0 aromatic heterocycles. The van der Waals surface area contributed by atoms with Crippen molar-refractivity contribution in [1.82, 2.24) is 9.80 Å². The van der Waals surface area contributed by atoms with E-state index in [2.05, 4.69) is 4.90 Å². The smallest absolute Gasteiger partial charge is 0.222 e. The van der Waals surface area contributed by atoms with E-state index in [0.29, 0.717) is 39.1 Å². The number of hydrogen-bond acceptors (Lipinski definition) is 4. The number of β-amino-alcohol motifs (C(OH)–C–C–N with tert-alkyl or cyclic N) is 1. The van der Waals surface area contributed by atoms with Crippen molar-refractivity contribution >= 4 is 5.91 Å². The normalized spacial score (nSPS) is 17.1. The van der Waals surface area contributed by atoms with E-state index in [-0.39, 0.29) is 23.6 Å². The molecule has 1 heterocycles. The molecular weight excluding hydrogens is 299 g/mol. The summed E-state index contributed by atoms with van der Waals surface area (Å²) in [6.07, 6.45) is 0.638. The number of hydrogen-bond donors (Lipinski definition) is 1. The molecule has 0 radical (unpaired) electrons. The van der Waals surface area contributed by atoms with Gasteiger partial charge in [-0.1, -0.05) is 12.1 Å². The number of amides is 1. The molecule has 6 heteroatoms. The molecular formula is C17H25FN2O3. The number of nitrogens with zero attached hydrogens (tertiary/aromatic N) is 2. The lowest BCUT2D eigenvalue weighted by Crippen LogP contribution is -2.50. The Bertz CT molecular complexity index is 502. The van der Waals surface area contributed by atoms with E-state index in [0.717, 1.165) is 13.1 Å². The van der Waals surface area contributed by atoms with Crippen molar-refractivity contribution in [3.05, 3.63) is 30.1 Å². The molecule has 2 rings (SSSR count). The van der Waals surface area contributed by atoms with Gasteiger partial charge in [0.2, 0.25) is 5.91 Å². The van der Waals surface area contributed by atoms with Gasteiger partial charge in [-0.3, -0.25) is 9.69 Å². The number of halogens is 1. The molecule has 1 amide bonds. The molecule has 1 N–H and O–H groups in total. The number of aliphatic hydroxyl groups excluding tert-OH is 1. The van der Waals surface area contributed by atoms with Crippen LogP contribution in [0.2, 0.25) is 0 Å². The summed E-state index contributed by atoms with van der Waals surface area (Å²) in [5, 5.41) is 9.37. The average Bonchev–Trinajstić information content (AvgIpc) is 2.53. The Morgan fingerprint density at radius 2 is 2.00 bits per heavy atom. The first kappa shape index (κ1) is 17.7.